The molecule has 0 saturated carbocycles. The molecule has 0 aromatic heterocycles. The van der Waals surface area contributed by atoms with Crippen molar-refractivity contribution in [2.75, 3.05) is 0 Å². The van der Waals surface area contributed by atoms with E-state index in [2.05, 4.69) is 44.8 Å². The number of β-lactam (4-membered cyclic amide) rings is 1. The molecule has 1 aliphatic rings. The highest BCUT2D eigenvalue weighted by Gasteiger charge is 2.42. The Labute approximate surface area is 80.5 Å². The van der Waals surface area contributed by atoms with E-state index < -0.39 is 0 Å². The molecule has 0 spiro atoms. The Bertz CT molecular complexity index is 193. The summed E-state index contributed by atoms with van der Waals surface area (Å²) >= 11 is 0. The topological polar surface area (TPSA) is 32.3 Å². The van der Waals surface area contributed by atoms with Crippen molar-refractivity contribution in [3.8, 4) is 0 Å². The monoisotopic (exact) mass is 184 g/mol. The van der Waals surface area contributed by atoms with E-state index in [4.69, 9.17) is 0 Å². The minimum Gasteiger partial charge on any atom is -0.350 e. The van der Waals surface area contributed by atoms with Crippen LogP contribution in [0.3, 0.4) is 0 Å². The molecule has 13 heavy (non-hydrogen) atoms. The Balaban J connectivity index is 2.70. The largest absolute Gasteiger partial charge is 0.350 e. The van der Waals surface area contributed by atoms with Crippen molar-refractivity contribution in [1.82, 2.24) is 10.2 Å². The minimum atomic E-state index is 0.0833. The molecule has 0 bridgehead atoms. The van der Waals surface area contributed by atoms with E-state index in [-0.39, 0.29) is 11.9 Å². The first-order valence-corrected chi connectivity index (χ1v) is 5.03. The van der Waals surface area contributed by atoms with Crippen LogP contribution in [0.25, 0.3) is 0 Å². The zero-order chi connectivity index (χ0) is 10.2. The van der Waals surface area contributed by atoms with Gasteiger partial charge in [-0.3, -0.25) is 9.69 Å². The lowest BCUT2D eigenvalue weighted by Crippen LogP contribution is -2.70. The molecule has 1 amide bonds. The molecule has 0 radical (unpaired) electrons. The van der Waals surface area contributed by atoms with E-state index >= 15 is 0 Å². The molecule has 1 N–H and O–H groups in total. The zero-order valence-electron chi connectivity index (χ0n) is 9.16. The van der Waals surface area contributed by atoms with Crippen molar-refractivity contribution in [3.05, 3.63) is 0 Å². The molecule has 0 unspecified atom stereocenters. The van der Waals surface area contributed by atoms with Crippen molar-refractivity contribution < 1.29 is 4.79 Å². The van der Waals surface area contributed by atoms with Gasteiger partial charge >= 0.3 is 0 Å². The van der Waals surface area contributed by atoms with Crippen LogP contribution in [-0.2, 0) is 4.79 Å². The first-order valence-electron chi connectivity index (χ1n) is 5.03. The Kier molecular flexibility index (Phi) is 2.96. The van der Waals surface area contributed by atoms with Crippen molar-refractivity contribution in [2.24, 2.45) is 0 Å². The normalized spacial score (nSPS) is 28.2. The highest BCUT2D eigenvalue weighted by molar-refractivity contribution is 5.89. The van der Waals surface area contributed by atoms with Gasteiger partial charge < -0.3 is 5.32 Å². The minimum absolute atomic E-state index is 0.0833. The summed E-state index contributed by atoms with van der Waals surface area (Å²) in [6, 6.07) is 1.24. The summed E-state index contributed by atoms with van der Waals surface area (Å²) in [4.78, 5) is 13.6. The Hall–Kier alpha value is -0.570. The number of nitrogens with one attached hydrogen (secondary N) is 1. The summed E-state index contributed by atoms with van der Waals surface area (Å²) in [6.07, 6.45) is 0. The molecule has 0 aromatic carbocycles. The number of hydrogen-bond acceptors (Lipinski definition) is 2. The van der Waals surface area contributed by atoms with Crippen LogP contribution < -0.4 is 5.32 Å². The molecule has 2 atom stereocenters. The van der Waals surface area contributed by atoms with Crippen LogP contribution in [0.15, 0.2) is 0 Å². The highest BCUT2D eigenvalue weighted by atomic mass is 16.2. The fourth-order valence-corrected chi connectivity index (χ4v) is 2.15. The van der Waals surface area contributed by atoms with Crippen LogP contribution >= 0.6 is 0 Å². The predicted molar refractivity (Wildman–Crippen MR) is 53.5 cm³/mol. The molecule has 3 nitrogen and oxygen atoms in total. The Morgan fingerprint density at radius 3 is 1.85 bits per heavy atom. The van der Waals surface area contributed by atoms with Crippen LogP contribution in [0.4, 0.5) is 0 Å². The van der Waals surface area contributed by atoms with E-state index in [0.29, 0.717) is 18.1 Å². The SMILES string of the molecule is CC(C)N(C(C)C)[C@H]1C(=O)N[C@H]1C. The fraction of sp³-hybridized carbons (Fsp3) is 0.900. The second kappa shape index (κ2) is 3.66. The van der Waals surface area contributed by atoms with Gasteiger partial charge in [0.1, 0.15) is 6.04 Å². The predicted octanol–water partition coefficient (Wildman–Crippen LogP) is 0.992. The second-order valence-corrected chi connectivity index (χ2v) is 4.38. The summed E-state index contributed by atoms with van der Waals surface area (Å²) in [5.41, 5.74) is 0. The summed E-state index contributed by atoms with van der Waals surface area (Å²) in [6.45, 7) is 10.6. The number of carbonyl (C=O) groups is 1. The molecular weight excluding hydrogens is 164 g/mol. The quantitative estimate of drug-likeness (QED) is 0.663. The second-order valence-electron chi connectivity index (χ2n) is 4.38. The third-order valence-corrected chi connectivity index (χ3v) is 2.63. The lowest BCUT2D eigenvalue weighted by Gasteiger charge is -2.46. The summed E-state index contributed by atoms with van der Waals surface area (Å²) < 4.78 is 0. The van der Waals surface area contributed by atoms with Crippen molar-refractivity contribution in [1.29, 1.82) is 0 Å². The number of amides is 1. The lowest BCUT2D eigenvalue weighted by atomic mass is 9.96. The van der Waals surface area contributed by atoms with E-state index in [1.54, 1.807) is 0 Å². The van der Waals surface area contributed by atoms with Crippen molar-refractivity contribution >= 4 is 5.91 Å². The number of hydrogen-bond donors (Lipinski definition) is 1. The average molecular weight is 184 g/mol. The number of rotatable bonds is 3. The molecule has 0 aliphatic carbocycles. The Morgan fingerprint density at radius 2 is 1.69 bits per heavy atom. The molecule has 76 valence electrons. The first kappa shape index (κ1) is 10.5. The van der Waals surface area contributed by atoms with Gasteiger partial charge in [-0.25, -0.2) is 0 Å². The maximum Gasteiger partial charge on any atom is 0.239 e. The lowest BCUT2D eigenvalue weighted by molar-refractivity contribution is -0.139. The molecule has 1 heterocycles. The summed E-state index contributed by atoms with van der Waals surface area (Å²) in [7, 11) is 0. The number of carbonyl (C=O) groups excluding carboxylic acids is 1. The van der Waals surface area contributed by atoms with E-state index in [1.807, 2.05) is 0 Å². The van der Waals surface area contributed by atoms with Gasteiger partial charge in [-0.2, -0.15) is 0 Å². The molecule has 1 rings (SSSR count). The first-order chi connectivity index (χ1) is 5.95. The van der Waals surface area contributed by atoms with Gasteiger partial charge in [-0.1, -0.05) is 0 Å². The van der Waals surface area contributed by atoms with Gasteiger partial charge in [0.25, 0.3) is 0 Å². The van der Waals surface area contributed by atoms with Gasteiger partial charge in [0, 0.05) is 12.1 Å². The molecule has 3 heteroatoms. The highest BCUT2D eigenvalue weighted by Crippen LogP contribution is 2.19. The fourth-order valence-electron chi connectivity index (χ4n) is 2.15. The molecule has 1 fully saturated rings. The van der Waals surface area contributed by atoms with E-state index in [1.165, 1.54) is 0 Å². The van der Waals surface area contributed by atoms with Gasteiger partial charge in [0.05, 0.1) is 6.04 Å². The Morgan fingerprint density at radius 1 is 1.23 bits per heavy atom. The zero-order valence-corrected chi connectivity index (χ0v) is 9.16. The third-order valence-electron chi connectivity index (χ3n) is 2.63. The van der Waals surface area contributed by atoms with Crippen LogP contribution in [0, 0.1) is 0 Å². The van der Waals surface area contributed by atoms with Gasteiger partial charge in [-0.15, -0.1) is 0 Å². The molecule has 1 saturated heterocycles. The van der Waals surface area contributed by atoms with Crippen LogP contribution in [0.1, 0.15) is 34.6 Å². The average Bonchev–Trinajstić information content (AvgIpc) is 1.99. The van der Waals surface area contributed by atoms with Crippen LogP contribution in [-0.4, -0.2) is 35.0 Å². The van der Waals surface area contributed by atoms with E-state index in [9.17, 15) is 4.79 Å². The molecule has 0 aromatic rings. The number of nitrogens with zero attached hydrogens (tertiary/aromatic N) is 1. The van der Waals surface area contributed by atoms with Crippen molar-refractivity contribution in [3.63, 3.8) is 0 Å². The van der Waals surface area contributed by atoms with Gasteiger partial charge in [0.15, 0.2) is 0 Å². The third kappa shape index (κ3) is 1.85. The van der Waals surface area contributed by atoms with Gasteiger partial charge in [-0.05, 0) is 34.6 Å². The van der Waals surface area contributed by atoms with Crippen molar-refractivity contribution in [2.45, 2.75) is 58.8 Å². The van der Waals surface area contributed by atoms with E-state index in [0.717, 1.165) is 0 Å². The summed E-state index contributed by atoms with van der Waals surface area (Å²) in [5, 5.41) is 2.87. The van der Waals surface area contributed by atoms with Gasteiger partial charge in [0.2, 0.25) is 5.91 Å². The van der Waals surface area contributed by atoms with Crippen LogP contribution in [0.2, 0.25) is 0 Å². The maximum absolute atomic E-state index is 11.3. The smallest absolute Gasteiger partial charge is 0.239 e. The standard InChI is InChI=1S/C10H20N2O/c1-6(2)12(7(3)4)9-8(5)11-10(9)13/h6-9H,1-5H3,(H,11,13)/t8-,9+/m0/s1. The molecule has 1 aliphatic heterocycles. The van der Waals surface area contributed by atoms with Crippen LogP contribution in [0.5, 0.6) is 0 Å². The maximum atomic E-state index is 11.3. The molecular formula is C10H20N2O. The summed E-state index contributed by atoms with van der Waals surface area (Å²) in [5.74, 6) is 0.176.